The molecular formula is C25H26F2N6O3. The third-order valence-corrected chi connectivity index (χ3v) is 5.96. The van der Waals surface area contributed by atoms with Gasteiger partial charge in [-0.15, -0.1) is 0 Å². The van der Waals surface area contributed by atoms with E-state index in [1.54, 1.807) is 0 Å². The maximum Gasteiger partial charge on any atom is 0.272 e. The van der Waals surface area contributed by atoms with Crippen molar-refractivity contribution in [2.75, 3.05) is 31.5 Å². The van der Waals surface area contributed by atoms with Gasteiger partial charge >= 0.3 is 0 Å². The van der Waals surface area contributed by atoms with Crippen LogP contribution < -0.4 is 16.4 Å². The number of rotatable bonds is 8. The van der Waals surface area contributed by atoms with Gasteiger partial charge in [0, 0.05) is 24.7 Å². The van der Waals surface area contributed by atoms with Gasteiger partial charge in [0.1, 0.15) is 23.7 Å². The summed E-state index contributed by atoms with van der Waals surface area (Å²) in [5, 5.41) is 5.17. The lowest BCUT2D eigenvalue weighted by Gasteiger charge is -2.26. The third kappa shape index (κ3) is 5.74. The van der Waals surface area contributed by atoms with Crippen molar-refractivity contribution in [1.82, 2.24) is 19.8 Å². The Balaban J connectivity index is 1.48. The first kappa shape index (κ1) is 25.0. The highest BCUT2D eigenvalue weighted by atomic mass is 19.1. The number of nitrogens with one attached hydrogen (secondary N) is 2. The van der Waals surface area contributed by atoms with Gasteiger partial charge in [-0.1, -0.05) is 6.42 Å². The van der Waals surface area contributed by atoms with Crippen molar-refractivity contribution in [3.8, 4) is 5.69 Å². The summed E-state index contributed by atoms with van der Waals surface area (Å²) in [4.78, 5) is 43.5. The predicted molar refractivity (Wildman–Crippen MR) is 129 cm³/mol. The molecule has 4 rings (SSSR count). The van der Waals surface area contributed by atoms with Gasteiger partial charge in [-0.2, -0.15) is 0 Å². The maximum absolute atomic E-state index is 14.8. The first-order valence-electron chi connectivity index (χ1n) is 11.6. The van der Waals surface area contributed by atoms with Gasteiger partial charge in [0.05, 0.1) is 11.4 Å². The Kier molecular flexibility index (Phi) is 7.69. The van der Waals surface area contributed by atoms with Gasteiger partial charge in [0.2, 0.25) is 0 Å². The highest BCUT2D eigenvalue weighted by molar-refractivity contribution is 6.05. The molecule has 0 atom stereocenters. The van der Waals surface area contributed by atoms with Crippen molar-refractivity contribution in [2.45, 2.75) is 19.3 Å². The molecule has 1 fully saturated rings. The smallest absolute Gasteiger partial charge is 0.272 e. The molecule has 0 saturated carbocycles. The van der Waals surface area contributed by atoms with E-state index in [1.165, 1.54) is 41.6 Å². The van der Waals surface area contributed by atoms with Crippen molar-refractivity contribution in [3.63, 3.8) is 0 Å². The first-order valence-corrected chi connectivity index (χ1v) is 11.6. The first-order chi connectivity index (χ1) is 17.3. The zero-order chi connectivity index (χ0) is 25.7. The number of aromatic nitrogens is 2. The Bertz CT molecular complexity index is 1270. The van der Waals surface area contributed by atoms with Gasteiger partial charge in [-0.05, 0) is 62.3 Å². The number of benzene rings is 2. The van der Waals surface area contributed by atoms with E-state index in [9.17, 15) is 23.2 Å². The number of piperidine rings is 1. The molecule has 0 aliphatic carbocycles. The minimum atomic E-state index is -0.900. The molecule has 1 aromatic heterocycles. The number of carbonyl (C=O) groups excluding carboxylic acids is 3. The SMILES string of the molecule is NC(=O)c1c(C(=O)NCCN2CCCCC2)ncn1-c1ccc(NC(=O)c2ccc(F)cc2)c(F)c1. The van der Waals surface area contributed by atoms with Crippen molar-refractivity contribution in [3.05, 3.63) is 77.4 Å². The molecule has 2 aromatic carbocycles. The summed E-state index contributed by atoms with van der Waals surface area (Å²) in [6.07, 6.45) is 4.69. The molecule has 0 bridgehead atoms. The van der Waals surface area contributed by atoms with E-state index >= 15 is 0 Å². The van der Waals surface area contributed by atoms with E-state index in [1.807, 2.05) is 0 Å². The van der Waals surface area contributed by atoms with Gasteiger partial charge < -0.3 is 21.3 Å². The lowest BCUT2D eigenvalue weighted by molar-refractivity contribution is 0.0924. The normalized spacial score (nSPS) is 13.8. The van der Waals surface area contributed by atoms with Gasteiger partial charge in [0.15, 0.2) is 5.69 Å². The largest absolute Gasteiger partial charge is 0.364 e. The molecule has 3 aromatic rings. The minimum absolute atomic E-state index is 0.121. The van der Waals surface area contributed by atoms with E-state index < -0.39 is 29.4 Å². The number of hydrogen-bond acceptors (Lipinski definition) is 5. The molecular weight excluding hydrogens is 470 g/mol. The van der Waals surface area contributed by atoms with Gasteiger partial charge in [0.25, 0.3) is 17.7 Å². The Morgan fingerprint density at radius 1 is 0.972 bits per heavy atom. The average Bonchev–Trinajstić information content (AvgIpc) is 3.32. The lowest BCUT2D eigenvalue weighted by atomic mass is 10.1. The topological polar surface area (TPSA) is 122 Å². The number of amides is 3. The Morgan fingerprint density at radius 3 is 2.36 bits per heavy atom. The lowest BCUT2D eigenvalue weighted by Crippen LogP contribution is -2.38. The second-order valence-corrected chi connectivity index (χ2v) is 8.46. The zero-order valence-electron chi connectivity index (χ0n) is 19.5. The molecule has 188 valence electrons. The molecule has 3 amide bonds. The molecule has 4 N–H and O–H groups in total. The second-order valence-electron chi connectivity index (χ2n) is 8.46. The number of carbonyl (C=O) groups is 3. The Hall–Kier alpha value is -4.12. The highest BCUT2D eigenvalue weighted by Gasteiger charge is 2.23. The molecule has 11 heteroatoms. The molecule has 2 heterocycles. The van der Waals surface area contributed by atoms with Crippen molar-refractivity contribution < 1.29 is 23.2 Å². The Morgan fingerprint density at radius 2 is 1.69 bits per heavy atom. The third-order valence-electron chi connectivity index (χ3n) is 5.96. The maximum atomic E-state index is 14.8. The quantitative estimate of drug-likeness (QED) is 0.443. The fraction of sp³-hybridized carbons (Fsp3) is 0.280. The van der Waals surface area contributed by atoms with Crippen LogP contribution in [-0.2, 0) is 0 Å². The summed E-state index contributed by atoms with van der Waals surface area (Å²) in [5.74, 6) is -3.36. The fourth-order valence-corrected chi connectivity index (χ4v) is 4.09. The van der Waals surface area contributed by atoms with Gasteiger partial charge in [-0.25, -0.2) is 13.8 Å². The molecule has 9 nitrogen and oxygen atoms in total. The zero-order valence-corrected chi connectivity index (χ0v) is 19.5. The molecule has 0 spiro atoms. The molecule has 1 aliphatic rings. The molecule has 0 radical (unpaired) electrons. The minimum Gasteiger partial charge on any atom is -0.364 e. The predicted octanol–water partition coefficient (Wildman–Crippen LogP) is 2.72. The van der Waals surface area contributed by atoms with Crippen LogP contribution in [0.2, 0.25) is 0 Å². The molecule has 1 aliphatic heterocycles. The number of anilines is 1. The monoisotopic (exact) mass is 496 g/mol. The number of nitrogens with zero attached hydrogens (tertiary/aromatic N) is 3. The summed E-state index contributed by atoms with van der Waals surface area (Å²) in [6.45, 7) is 3.06. The van der Waals surface area contributed by atoms with Crippen LogP contribution in [0.15, 0.2) is 48.8 Å². The number of nitrogens with two attached hydrogens (primary N) is 1. The van der Waals surface area contributed by atoms with Gasteiger partial charge in [-0.3, -0.25) is 19.0 Å². The van der Waals surface area contributed by atoms with E-state index in [4.69, 9.17) is 5.73 Å². The van der Waals surface area contributed by atoms with E-state index in [2.05, 4.69) is 20.5 Å². The van der Waals surface area contributed by atoms with Crippen LogP contribution in [0.1, 0.15) is 50.6 Å². The number of primary amides is 1. The number of halogens is 2. The summed E-state index contributed by atoms with van der Waals surface area (Å²) in [7, 11) is 0. The second kappa shape index (κ2) is 11.1. The van der Waals surface area contributed by atoms with Crippen LogP contribution in [0.3, 0.4) is 0 Å². The summed E-state index contributed by atoms with van der Waals surface area (Å²) in [5.41, 5.74) is 5.39. The van der Waals surface area contributed by atoms with Crippen LogP contribution in [0.4, 0.5) is 14.5 Å². The molecule has 1 saturated heterocycles. The van der Waals surface area contributed by atoms with Crippen molar-refractivity contribution in [2.24, 2.45) is 5.73 Å². The average molecular weight is 497 g/mol. The molecule has 36 heavy (non-hydrogen) atoms. The molecule has 0 unspecified atom stereocenters. The van der Waals surface area contributed by atoms with E-state index in [0.717, 1.165) is 44.1 Å². The van der Waals surface area contributed by atoms with Crippen LogP contribution >= 0.6 is 0 Å². The van der Waals surface area contributed by atoms with Crippen LogP contribution in [-0.4, -0.2) is 58.4 Å². The summed E-state index contributed by atoms with van der Waals surface area (Å²) in [6, 6.07) is 8.62. The number of imidazole rings is 1. The standard InChI is InChI=1S/C25H26F2N6O3/c26-17-6-4-16(5-7-17)24(35)31-20-9-8-18(14-19(20)27)33-15-30-21(22(33)23(28)34)25(36)29-10-13-32-11-2-1-3-12-32/h4-9,14-15H,1-3,10-13H2,(H2,28,34)(H,29,36)(H,31,35). The van der Waals surface area contributed by atoms with Crippen LogP contribution in [0, 0.1) is 11.6 Å². The summed E-state index contributed by atoms with van der Waals surface area (Å²) < 4.78 is 29.1. The Labute approximate surface area is 206 Å². The summed E-state index contributed by atoms with van der Waals surface area (Å²) >= 11 is 0. The van der Waals surface area contributed by atoms with E-state index in [-0.39, 0.29) is 28.3 Å². The van der Waals surface area contributed by atoms with E-state index in [0.29, 0.717) is 13.1 Å². The van der Waals surface area contributed by atoms with Crippen molar-refractivity contribution >= 4 is 23.4 Å². The highest BCUT2D eigenvalue weighted by Crippen LogP contribution is 2.22. The number of hydrogen-bond donors (Lipinski definition) is 3. The van der Waals surface area contributed by atoms with Crippen LogP contribution in [0.5, 0.6) is 0 Å². The fourth-order valence-electron chi connectivity index (χ4n) is 4.09. The van der Waals surface area contributed by atoms with Crippen molar-refractivity contribution in [1.29, 1.82) is 0 Å². The van der Waals surface area contributed by atoms with Crippen LogP contribution in [0.25, 0.3) is 5.69 Å². The number of likely N-dealkylation sites (tertiary alicyclic amines) is 1.